The molecule has 0 aliphatic heterocycles. The molecule has 37 heavy (non-hydrogen) atoms. The summed E-state index contributed by atoms with van der Waals surface area (Å²) in [5.41, 5.74) is 4.43. The molecular formula is C27H28N8O2. The number of ether oxygens (including phenoxy) is 1. The number of fused-ring (bicyclic) bond motifs is 2. The molecule has 1 aliphatic carbocycles. The van der Waals surface area contributed by atoms with Gasteiger partial charge in [-0.05, 0) is 62.6 Å². The molecule has 5 aromatic rings. The van der Waals surface area contributed by atoms with Crippen molar-refractivity contribution in [1.29, 1.82) is 0 Å². The quantitative estimate of drug-likeness (QED) is 0.351. The molecule has 2 aromatic carbocycles. The van der Waals surface area contributed by atoms with Gasteiger partial charge in [0.25, 0.3) is 0 Å². The van der Waals surface area contributed by atoms with Gasteiger partial charge in [0.15, 0.2) is 5.82 Å². The molecule has 0 atom stereocenters. The maximum absolute atomic E-state index is 10.1. The van der Waals surface area contributed by atoms with Crippen LogP contribution < -0.4 is 15.0 Å². The van der Waals surface area contributed by atoms with Crippen LogP contribution in [-0.2, 0) is 7.05 Å². The van der Waals surface area contributed by atoms with E-state index >= 15 is 0 Å². The second kappa shape index (κ2) is 8.67. The van der Waals surface area contributed by atoms with Crippen molar-refractivity contribution >= 4 is 39.5 Å². The zero-order chi connectivity index (χ0) is 25.7. The van der Waals surface area contributed by atoms with Crippen LogP contribution in [0.3, 0.4) is 0 Å². The predicted molar refractivity (Wildman–Crippen MR) is 142 cm³/mol. The number of aliphatic hydroxyl groups is 1. The van der Waals surface area contributed by atoms with Gasteiger partial charge in [0.2, 0.25) is 5.95 Å². The van der Waals surface area contributed by atoms with Crippen molar-refractivity contribution in [3.8, 4) is 11.5 Å². The summed E-state index contributed by atoms with van der Waals surface area (Å²) in [6.07, 6.45) is 6.37. The lowest BCUT2D eigenvalue weighted by molar-refractivity contribution is -0.0301. The second-order valence-electron chi connectivity index (χ2n) is 10.0. The summed E-state index contributed by atoms with van der Waals surface area (Å²) in [6.45, 7) is 3.85. The van der Waals surface area contributed by atoms with Crippen LogP contribution in [0.5, 0.6) is 11.5 Å². The normalized spacial score (nSPS) is 19.1. The van der Waals surface area contributed by atoms with Crippen molar-refractivity contribution in [2.75, 3.05) is 17.3 Å². The third-order valence-electron chi connectivity index (χ3n) is 6.94. The highest BCUT2D eigenvalue weighted by Gasteiger charge is 2.41. The molecule has 3 aromatic heterocycles. The Labute approximate surface area is 214 Å². The van der Waals surface area contributed by atoms with Crippen LogP contribution in [0.4, 0.5) is 17.5 Å². The van der Waals surface area contributed by atoms with Gasteiger partial charge in [-0.25, -0.2) is 24.9 Å². The van der Waals surface area contributed by atoms with Crippen LogP contribution in [0, 0.1) is 6.92 Å². The Morgan fingerprint density at radius 2 is 1.92 bits per heavy atom. The van der Waals surface area contributed by atoms with E-state index < -0.39 is 5.60 Å². The third kappa shape index (κ3) is 4.40. The number of hydrogen-bond donors (Lipinski definition) is 2. The fraction of sp³-hybridized carbons (Fsp3) is 0.296. The molecule has 10 heteroatoms. The van der Waals surface area contributed by atoms with E-state index in [1.807, 2.05) is 73.8 Å². The fourth-order valence-corrected chi connectivity index (χ4v) is 4.78. The number of aryl methyl sites for hydroxylation is 2. The predicted octanol–water partition coefficient (Wildman–Crippen LogP) is 4.50. The van der Waals surface area contributed by atoms with Gasteiger partial charge in [-0.15, -0.1) is 0 Å². The van der Waals surface area contributed by atoms with Crippen molar-refractivity contribution < 1.29 is 9.84 Å². The lowest BCUT2D eigenvalue weighted by atomic mass is 9.76. The Morgan fingerprint density at radius 1 is 1.08 bits per heavy atom. The Kier molecular flexibility index (Phi) is 5.41. The maximum Gasteiger partial charge on any atom is 0.226 e. The molecule has 0 radical (unpaired) electrons. The van der Waals surface area contributed by atoms with Gasteiger partial charge in [0.1, 0.15) is 28.9 Å². The topological polar surface area (TPSA) is 114 Å². The largest absolute Gasteiger partial charge is 0.457 e. The lowest BCUT2D eigenvalue weighted by Crippen LogP contribution is -2.52. The van der Waals surface area contributed by atoms with Crippen LogP contribution in [0.1, 0.15) is 25.3 Å². The van der Waals surface area contributed by atoms with E-state index in [-0.39, 0.29) is 6.04 Å². The van der Waals surface area contributed by atoms with E-state index in [4.69, 9.17) is 9.72 Å². The average Bonchev–Trinajstić information content (AvgIpc) is 3.23. The highest BCUT2D eigenvalue weighted by Crippen LogP contribution is 2.36. The number of rotatable bonds is 6. The zero-order valence-corrected chi connectivity index (χ0v) is 21.2. The Morgan fingerprint density at radius 3 is 2.70 bits per heavy atom. The molecule has 1 fully saturated rings. The molecule has 3 heterocycles. The first-order valence-electron chi connectivity index (χ1n) is 12.2. The number of nitrogens with zero attached hydrogens (tertiary/aromatic N) is 7. The second-order valence-corrected chi connectivity index (χ2v) is 10.0. The van der Waals surface area contributed by atoms with Gasteiger partial charge in [-0.3, -0.25) is 0 Å². The smallest absolute Gasteiger partial charge is 0.226 e. The van der Waals surface area contributed by atoms with E-state index in [0.29, 0.717) is 35.6 Å². The summed E-state index contributed by atoms with van der Waals surface area (Å²) in [5, 5.41) is 13.5. The maximum atomic E-state index is 10.1. The van der Waals surface area contributed by atoms with E-state index in [2.05, 4.69) is 25.3 Å². The van der Waals surface area contributed by atoms with E-state index in [9.17, 15) is 5.11 Å². The van der Waals surface area contributed by atoms with Crippen LogP contribution in [0.15, 0.2) is 55.2 Å². The lowest BCUT2D eigenvalue weighted by Gasteiger charge is -2.45. The molecule has 0 spiro atoms. The number of aromatic nitrogens is 6. The van der Waals surface area contributed by atoms with Crippen molar-refractivity contribution in [2.45, 2.75) is 38.3 Å². The molecule has 0 saturated heterocycles. The number of benzene rings is 2. The van der Waals surface area contributed by atoms with Crippen molar-refractivity contribution in [3.63, 3.8) is 0 Å². The van der Waals surface area contributed by atoms with Gasteiger partial charge in [-0.2, -0.15) is 0 Å². The van der Waals surface area contributed by atoms with Crippen molar-refractivity contribution in [3.05, 3.63) is 60.8 Å². The molecule has 188 valence electrons. The number of imidazole rings is 1. The number of anilines is 3. The molecule has 0 unspecified atom stereocenters. The third-order valence-corrected chi connectivity index (χ3v) is 6.94. The van der Waals surface area contributed by atoms with E-state index in [1.165, 1.54) is 6.33 Å². The van der Waals surface area contributed by atoms with E-state index in [1.54, 1.807) is 12.5 Å². The SMILES string of the molecule is Cc1cc(Nc2ncnc3cnc(N(C)[C@H]4C[C@@](C)(O)C4)nc23)ccc1Oc1ccc2c(c1)ncn2C. The molecule has 6 rings (SSSR count). The summed E-state index contributed by atoms with van der Waals surface area (Å²) < 4.78 is 8.13. The van der Waals surface area contributed by atoms with Gasteiger partial charge in [-0.1, -0.05) is 0 Å². The number of hydrogen-bond acceptors (Lipinski definition) is 9. The first-order chi connectivity index (χ1) is 17.8. The minimum Gasteiger partial charge on any atom is -0.457 e. The zero-order valence-electron chi connectivity index (χ0n) is 21.2. The Bertz CT molecular complexity index is 1620. The number of nitrogens with one attached hydrogen (secondary N) is 1. The average molecular weight is 497 g/mol. The minimum atomic E-state index is -0.621. The van der Waals surface area contributed by atoms with Gasteiger partial charge in [0, 0.05) is 31.9 Å². The monoisotopic (exact) mass is 496 g/mol. The highest BCUT2D eigenvalue weighted by molar-refractivity contribution is 5.87. The first-order valence-corrected chi connectivity index (χ1v) is 12.2. The van der Waals surface area contributed by atoms with E-state index in [0.717, 1.165) is 33.8 Å². The molecule has 10 nitrogen and oxygen atoms in total. The summed E-state index contributed by atoms with van der Waals surface area (Å²) >= 11 is 0. The molecule has 1 saturated carbocycles. The Balaban J connectivity index is 1.23. The Hall–Kier alpha value is -4.31. The minimum absolute atomic E-state index is 0.196. The van der Waals surface area contributed by atoms with Crippen LogP contribution >= 0.6 is 0 Å². The molecule has 2 N–H and O–H groups in total. The van der Waals surface area contributed by atoms with Gasteiger partial charge in [0.05, 0.1) is 29.2 Å². The summed E-state index contributed by atoms with van der Waals surface area (Å²) in [5.74, 6) is 2.67. The first kappa shape index (κ1) is 23.1. The van der Waals surface area contributed by atoms with Crippen LogP contribution in [-0.4, -0.2) is 53.3 Å². The van der Waals surface area contributed by atoms with Gasteiger partial charge < -0.3 is 24.6 Å². The summed E-state index contributed by atoms with van der Waals surface area (Å²) in [7, 11) is 3.92. The van der Waals surface area contributed by atoms with Crippen LogP contribution in [0.25, 0.3) is 22.1 Å². The van der Waals surface area contributed by atoms with Gasteiger partial charge >= 0.3 is 0 Å². The fourth-order valence-electron chi connectivity index (χ4n) is 4.78. The summed E-state index contributed by atoms with van der Waals surface area (Å²) in [4.78, 5) is 24.4. The molecular weight excluding hydrogens is 468 g/mol. The highest BCUT2D eigenvalue weighted by atomic mass is 16.5. The molecule has 0 bridgehead atoms. The van der Waals surface area contributed by atoms with Crippen molar-refractivity contribution in [2.24, 2.45) is 7.05 Å². The van der Waals surface area contributed by atoms with Crippen molar-refractivity contribution in [1.82, 2.24) is 29.5 Å². The summed E-state index contributed by atoms with van der Waals surface area (Å²) in [6, 6.07) is 12.0. The molecule has 1 aliphatic rings. The standard InChI is InChI=1S/C27H28N8O2/c1-16-9-17(5-8-23(16)37-19-6-7-22-20(10-19)31-15-34(22)3)32-25-24-21(29-14-30-25)13-28-26(33-24)35(4)18-11-27(2,36)12-18/h5-10,13-15,18,36H,11-12H2,1-4H3,(H,29,30,32)/t18-,27+. The van der Waals surface area contributed by atoms with Crippen LogP contribution in [0.2, 0.25) is 0 Å². The molecule has 0 amide bonds.